The summed E-state index contributed by atoms with van der Waals surface area (Å²) in [5, 5.41) is 0. The highest BCUT2D eigenvalue weighted by Crippen LogP contribution is 2.38. The lowest BCUT2D eigenvalue weighted by molar-refractivity contribution is 0.254. The highest BCUT2D eigenvalue weighted by atomic mass is 16.5. The lowest BCUT2D eigenvalue weighted by Crippen LogP contribution is -2.16. The van der Waals surface area contributed by atoms with E-state index in [0.29, 0.717) is 18.6 Å². The standard InChI is InChI=1S/C18H29NO/c1-18(10-4-2-3-5-11-18)12-9-16-7-6-8-17(15-16)20-14-13-19/h6-8,15H,2-5,9-14,19H2,1H3. The molecule has 0 atom stereocenters. The number of nitrogens with two attached hydrogens (primary N) is 1. The molecule has 0 aliphatic heterocycles. The van der Waals surface area contributed by atoms with E-state index >= 15 is 0 Å². The Labute approximate surface area is 123 Å². The number of hydrogen-bond acceptors (Lipinski definition) is 2. The van der Waals surface area contributed by atoms with Crippen molar-refractivity contribution in [3.05, 3.63) is 29.8 Å². The number of aryl methyl sites for hydroxylation is 1. The van der Waals surface area contributed by atoms with E-state index in [0.717, 1.165) is 12.2 Å². The van der Waals surface area contributed by atoms with E-state index in [1.54, 1.807) is 0 Å². The molecule has 0 unspecified atom stereocenters. The van der Waals surface area contributed by atoms with Gasteiger partial charge in [0, 0.05) is 6.54 Å². The molecule has 0 saturated heterocycles. The van der Waals surface area contributed by atoms with Crippen LogP contribution >= 0.6 is 0 Å². The zero-order valence-electron chi connectivity index (χ0n) is 12.9. The number of ether oxygens (including phenoxy) is 1. The zero-order chi connectivity index (χ0) is 14.3. The van der Waals surface area contributed by atoms with Crippen LogP contribution in [0.25, 0.3) is 0 Å². The molecular formula is C18H29NO. The van der Waals surface area contributed by atoms with Gasteiger partial charge >= 0.3 is 0 Å². The minimum Gasteiger partial charge on any atom is -0.492 e. The summed E-state index contributed by atoms with van der Waals surface area (Å²) in [6.45, 7) is 3.65. The number of hydrogen-bond donors (Lipinski definition) is 1. The summed E-state index contributed by atoms with van der Waals surface area (Å²) in [5.41, 5.74) is 7.42. The van der Waals surface area contributed by atoms with Crippen LogP contribution in [0.4, 0.5) is 0 Å². The van der Waals surface area contributed by atoms with Gasteiger partial charge in [0.05, 0.1) is 0 Å². The minimum absolute atomic E-state index is 0.546. The topological polar surface area (TPSA) is 35.2 Å². The van der Waals surface area contributed by atoms with E-state index in [9.17, 15) is 0 Å². The quantitative estimate of drug-likeness (QED) is 0.785. The molecule has 0 spiro atoms. The molecule has 1 aromatic rings. The van der Waals surface area contributed by atoms with Gasteiger partial charge in [-0.2, -0.15) is 0 Å². The Hall–Kier alpha value is -1.02. The van der Waals surface area contributed by atoms with Crippen molar-refractivity contribution in [3.8, 4) is 5.75 Å². The third-order valence-electron chi connectivity index (χ3n) is 4.61. The molecule has 1 fully saturated rings. The van der Waals surface area contributed by atoms with E-state index in [1.807, 2.05) is 6.07 Å². The van der Waals surface area contributed by atoms with Crippen molar-refractivity contribution in [2.45, 2.75) is 58.3 Å². The van der Waals surface area contributed by atoms with Crippen LogP contribution in [0.5, 0.6) is 5.75 Å². The maximum Gasteiger partial charge on any atom is 0.119 e. The second-order valence-corrected chi connectivity index (χ2v) is 6.51. The lowest BCUT2D eigenvalue weighted by atomic mass is 9.78. The van der Waals surface area contributed by atoms with Crippen molar-refractivity contribution < 1.29 is 4.74 Å². The van der Waals surface area contributed by atoms with Gasteiger partial charge in [0.25, 0.3) is 0 Å². The van der Waals surface area contributed by atoms with Gasteiger partial charge in [-0.3, -0.25) is 0 Å². The van der Waals surface area contributed by atoms with Crippen molar-refractivity contribution in [2.24, 2.45) is 11.1 Å². The molecule has 0 bridgehead atoms. The summed E-state index contributed by atoms with van der Waals surface area (Å²) in [4.78, 5) is 0. The number of benzene rings is 1. The predicted octanol–water partition coefficient (Wildman–Crippen LogP) is 4.32. The molecule has 0 radical (unpaired) electrons. The molecule has 2 rings (SSSR count). The molecule has 0 aromatic heterocycles. The summed E-state index contributed by atoms with van der Waals surface area (Å²) >= 11 is 0. The SMILES string of the molecule is CC1(CCc2cccc(OCCN)c2)CCCCCC1. The molecule has 20 heavy (non-hydrogen) atoms. The highest BCUT2D eigenvalue weighted by Gasteiger charge is 2.24. The first-order valence-corrected chi connectivity index (χ1v) is 8.14. The van der Waals surface area contributed by atoms with E-state index in [4.69, 9.17) is 10.5 Å². The minimum atomic E-state index is 0.546. The molecule has 1 aromatic carbocycles. The molecule has 112 valence electrons. The van der Waals surface area contributed by atoms with Gasteiger partial charge in [0.2, 0.25) is 0 Å². The summed E-state index contributed by atoms with van der Waals surface area (Å²) in [6, 6.07) is 8.51. The van der Waals surface area contributed by atoms with Crippen LogP contribution in [0.2, 0.25) is 0 Å². The van der Waals surface area contributed by atoms with Crippen LogP contribution in [0.15, 0.2) is 24.3 Å². The zero-order valence-corrected chi connectivity index (χ0v) is 12.9. The maximum atomic E-state index is 5.61. The normalized spacial score (nSPS) is 18.5. The van der Waals surface area contributed by atoms with Gasteiger partial charge in [0.15, 0.2) is 0 Å². The van der Waals surface area contributed by atoms with Crippen LogP contribution in [0.3, 0.4) is 0 Å². The van der Waals surface area contributed by atoms with Gasteiger partial charge in [0.1, 0.15) is 12.4 Å². The third-order valence-corrected chi connectivity index (χ3v) is 4.61. The average Bonchev–Trinajstić information content (AvgIpc) is 2.69. The monoisotopic (exact) mass is 275 g/mol. The van der Waals surface area contributed by atoms with Crippen LogP contribution in [-0.2, 0) is 6.42 Å². The smallest absolute Gasteiger partial charge is 0.119 e. The Morgan fingerprint density at radius 3 is 2.60 bits per heavy atom. The summed E-state index contributed by atoms with van der Waals surface area (Å²) in [5.74, 6) is 0.957. The van der Waals surface area contributed by atoms with Gasteiger partial charge in [-0.05, 0) is 48.8 Å². The Morgan fingerprint density at radius 2 is 1.90 bits per heavy atom. The molecule has 1 aliphatic carbocycles. The molecule has 1 saturated carbocycles. The van der Waals surface area contributed by atoms with Crippen molar-refractivity contribution in [1.29, 1.82) is 0 Å². The molecule has 0 heterocycles. The Balaban J connectivity index is 1.89. The molecule has 2 N–H and O–H groups in total. The van der Waals surface area contributed by atoms with Crippen LogP contribution < -0.4 is 10.5 Å². The van der Waals surface area contributed by atoms with E-state index in [2.05, 4.69) is 25.1 Å². The maximum absolute atomic E-state index is 5.61. The average molecular weight is 275 g/mol. The molecular weight excluding hydrogens is 246 g/mol. The first-order chi connectivity index (χ1) is 9.72. The van der Waals surface area contributed by atoms with E-state index in [1.165, 1.54) is 50.5 Å². The van der Waals surface area contributed by atoms with E-state index < -0.39 is 0 Å². The second-order valence-electron chi connectivity index (χ2n) is 6.51. The Kier molecular flexibility index (Phi) is 5.90. The van der Waals surface area contributed by atoms with Crippen molar-refractivity contribution in [1.82, 2.24) is 0 Å². The fourth-order valence-electron chi connectivity index (χ4n) is 3.25. The Bertz CT molecular complexity index is 394. The molecule has 2 nitrogen and oxygen atoms in total. The van der Waals surface area contributed by atoms with Crippen molar-refractivity contribution in [3.63, 3.8) is 0 Å². The first-order valence-electron chi connectivity index (χ1n) is 8.14. The number of rotatable bonds is 6. The predicted molar refractivity (Wildman–Crippen MR) is 85.1 cm³/mol. The van der Waals surface area contributed by atoms with Crippen LogP contribution in [0, 0.1) is 5.41 Å². The van der Waals surface area contributed by atoms with Gasteiger partial charge in [-0.1, -0.05) is 44.7 Å². The largest absolute Gasteiger partial charge is 0.492 e. The van der Waals surface area contributed by atoms with E-state index in [-0.39, 0.29) is 0 Å². The van der Waals surface area contributed by atoms with Crippen molar-refractivity contribution >= 4 is 0 Å². The molecule has 0 amide bonds. The first kappa shape index (κ1) is 15.4. The fraction of sp³-hybridized carbons (Fsp3) is 0.667. The summed E-state index contributed by atoms with van der Waals surface area (Å²) in [7, 11) is 0. The second kappa shape index (κ2) is 7.68. The fourth-order valence-corrected chi connectivity index (χ4v) is 3.25. The Morgan fingerprint density at radius 1 is 1.15 bits per heavy atom. The van der Waals surface area contributed by atoms with Gasteiger partial charge in [-0.25, -0.2) is 0 Å². The van der Waals surface area contributed by atoms with Crippen LogP contribution in [-0.4, -0.2) is 13.2 Å². The van der Waals surface area contributed by atoms with Gasteiger partial charge in [-0.15, -0.1) is 0 Å². The molecule has 2 heteroatoms. The summed E-state index contributed by atoms with van der Waals surface area (Å²) in [6.07, 6.45) is 10.9. The molecule has 1 aliphatic rings. The lowest BCUT2D eigenvalue weighted by Gasteiger charge is -2.28. The van der Waals surface area contributed by atoms with Crippen LogP contribution in [0.1, 0.15) is 57.4 Å². The van der Waals surface area contributed by atoms with Gasteiger partial charge < -0.3 is 10.5 Å². The third kappa shape index (κ3) is 4.82. The summed E-state index contributed by atoms with van der Waals surface area (Å²) < 4.78 is 5.61. The highest BCUT2D eigenvalue weighted by molar-refractivity contribution is 5.28. The van der Waals surface area contributed by atoms with Crippen molar-refractivity contribution in [2.75, 3.05) is 13.2 Å².